The molecule has 0 aliphatic heterocycles. The molecule has 0 bridgehead atoms. The molecule has 4 nitrogen and oxygen atoms in total. The summed E-state index contributed by atoms with van der Waals surface area (Å²) in [5.41, 5.74) is 2.99. The van der Waals surface area contributed by atoms with Crippen LogP contribution >= 0.6 is 0 Å². The van der Waals surface area contributed by atoms with E-state index in [9.17, 15) is 4.79 Å². The highest BCUT2D eigenvalue weighted by Gasteiger charge is 2.30. The summed E-state index contributed by atoms with van der Waals surface area (Å²) in [7, 11) is 0. The van der Waals surface area contributed by atoms with E-state index in [1.807, 2.05) is 32.0 Å². The first-order valence-corrected chi connectivity index (χ1v) is 6.66. The highest BCUT2D eigenvalue weighted by molar-refractivity contribution is 5.81. The molecule has 0 aliphatic carbocycles. The second-order valence-electron chi connectivity index (χ2n) is 5.84. The van der Waals surface area contributed by atoms with Crippen LogP contribution < -0.4 is 11.3 Å². The Bertz CT molecular complexity index is 401. The van der Waals surface area contributed by atoms with Crippen LogP contribution in [-0.2, 0) is 11.3 Å². The van der Waals surface area contributed by atoms with Crippen LogP contribution in [-0.4, -0.2) is 23.4 Å². The van der Waals surface area contributed by atoms with Crippen molar-refractivity contribution < 1.29 is 4.79 Å². The predicted molar refractivity (Wildman–Crippen MR) is 78.1 cm³/mol. The van der Waals surface area contributed by atoms with Gasteiger partial charge >= 0.3 is 0 Å². The van der Waals surface area contributed by atoms with E-state index < -0.39 is 5.41 Å². The number of hydrogen-bond donors (Lipinski definition) is 2. The smallest absolute Gasteiger partial charge is 0.240 e. The van der Waals surface area contributed by atoms with Crippen molar-refractivity contribution in [3.05, 3.63) is 35.9 Å². The molecule has 0 radical (unpaired) electrons. The van der Waals surface area contributed by atoms with E-state index in [0.717, 1.165) is 6.54 Å². The Kier molecular flexibility index (Phi) is 5.51. The van der Waals surface area contributed by atoms with Crippen molar-refractivity contribution in [1.29, 1.82) is 0 Å². The van der Waals surface area contributed by atoms with Gasteiger partial charge in [-0.15, -0.1) is 0 Å². The minimum atomic E-state index is -0.506. The summed E-state index contributed by atoms with van der Waals surface area (Å²) in [4.78, 5) is 14.1. The zero-order valence-corrected chi connectivity index (χ0v) is 12.3. The van der Waals surface area contributed by atoms with Gasteiger partial charge in [0, 0.05) is 19.1 Å². The summed E-state index contributed by atoms with van der Waals surface area (Å²) in [6.07, 6.45) is 0. The Morgan fingerprint density at radius 2 is 1.89 bits per heavy atom. The molecule has 0 unspecified atom stereocenters. The topological polar surface area (TPSA) is 58.4 Å². The van der Waals surface area contributed by atoms with E-state index in [1.54, 1.807) is 0 Å². The van der Waals surface area contributed by atoms with Gasteiger partial charge in [-0.3, -0.25) is 15.1 Å². The third kappa shape index (κ3) is 4.65. The van der Waals surface area contributed by atoms with Crippen LogP contribution in [0.4, 0.5) is 0 Å². The zero-order chi connectivity index (χ0) is 14.5. The summed E-state index contributed by atoms with van der Waals surface area (Å²) in [6.45, 7) is 9.60. The molecule has 0 fully saturated rings. The molecule has 0 spiro atoms. The number of hydrazine groups is 1. The SMILES string of the molecule is CC(C)N(Cc1ccccc1)CC(C)(C)C(=O)NN. The molecule has 0 aromatic heterocycles. The van der Waals surface area contributed by atoms with E-state index in [-0.39, 0.29) is 5.91 Å². The Morgan fingerprint density at radius 1 is 1.32 bits per heavy atom. The number of rotatable bonds is 6. The average Bonchev–Trinajstić information content (AvgIpc) is 2.37. The molecule has 0 saturated heterocycles. The number of benzene rings is 1. The van der Waals surface area contributed by atoms with Crippen molar-refractivity contribution >= 4 is 5.91 Å². The van der Waals surface area contributed by atoms with Crippen molar-refractivity contribution in [2.45, 2.75) is 40.3 Å². The quantitative estimate of drug-likeness (QED) is 0.468. The molecule has 0 atom stereocenters. The lowest BCUT2D eigenvalue weighted by Gasteiger charge is -2.34. The van der Waals surface area contributed by atoms with Gasteiger partial charge < -0.3 is 0 Å². The maximum atomic E-state index is 11.8. The standard InChI is InChI=1S/C15H25N3O/c1-12(2)18(10-13-8-6-5-7-9-13)11-15(3,4)14(19)17-16/h5-9,12H,10-11,16H2,1-4H3,(H,17,19). The molecule has 1 amide bonds. The average molecular weight is 263 g/mol. The van der Waals surface area contributed by atoms with Crippen molar-refractivity contribution in [3.8, 4) is 0 Å². The minimum Gasteiger partial charge on any atom is -0.296 e. The molecule has 1 rings (SSSR count). The molecule has 0 saturated carbocycles. The molecule has 1 aromatic rings. The molecule has 19 heavy (non-hydrogen) atoms. The monoisotopic (exact) mass is 263 g/mol. The summed E-state index contributed by atoms with van der Waals surface area (Å²) >= 11 is 0. The van der Waals surface area contributed by atoms with Gasteiger partial charge in [0.05, 0.1) is 5.41 Å². The second-order valence-corrected chi connectivity index (χ2v) is 5.84. The molecule has 3 N–H and O–H groups in total. The van der Waals surface area contributed by atoms with Crippen molar-refractivity contribution in [2.24, 2.45) is 11.3 Å². The lowest BCUT2D eigenvalue weighted by Crippen LogP contribution is -2.48. The van der Waals surface area contributed by atoms with Gasteiger partial charge in [0.1, 0.15) is 0 Å². The van der Waals surface area contributed by atoms with Crippen LogP contribution in [0, 0.1) is 5.41 Å². The normalized spacial score (nSPS) is 11.9. The maximum Gasteiger partial charge on any atom is 0.240 e. The van der Waals surface area contributed by atoms with Crippen LogP contribution in [0.25, 0.3) is 0 Å². The summed E-state index contributed by atoms with van der Waals surface area (Å²) in [5.74, 6) is 5.11. The summed E-state index contributed by atoms with van der Waals surface area (Å²) < 4.78 is 0. The summed E-state index contributed by atoms with van der Waals surface area (Å²) in [6, 6.07) is 10.6. The van der Waals surface area contributed by atoms with E-state index in [2.05, 4.69) is 36.3 Å². The van der Waals surface area contributed by atoms with Crippen LogP contribution in [0.2, 0.25) is 0 Å². The summed E-state index contributed by atoms with van der Waals surface area (Å²) in [5, 5.41) is 0. The predicted octanol–water partition coefficient (Wildman–Crippen LogP) is 1.91. The van der Waals surface area contributed by atoms with Gasteiger partial charge in [-0.05, 0) is 33.3 Å². The first-order chi connectivity index (χ1) is 8.86. The van der Waals surface area contributed by atoms with Gasteiger partial charge in [0.15, 0.2) is 0 Å². The highest BCUT2D eigenvalue weighted by Crippen LogP contribution is 2.20. The van der Waals surface area contributed by atoms with Crippen LogP contribution in [0.3, 0.4) is 0 Å². The van der Waals surface area contributed by atoms with E-state index >= 15 is 0 Å². The molecule has 0 aliphatic rings. The lowest BCUT2D eigenvalue weighted by molar-refractivity contribution is -0.130. The van der Waals surface area contributed by atoms with Gasteiger partial charge in [0.2, 0.25) is 5.91 Å². The van der Waals surface area contributed by atoms with E-state index in [4.69, 9.17) is 5.84 Å². The van der Waals surface area contributed by atoms with Crippen molar-refractivity contribution in [2.75, 3.05) is 6.54 Å². The number of carbonyl (C=O) groups excluding carboxylic acids is 1. The van der Waals surface area contributed by atoms with Crippen LogP contribution in [0.15, 0.2) is 30.3 Å². The number of hydrogen-bond acceptors (Lipinski definition) is 3. The molecule has 1 aromatic carbocycles. The third-order valence-corrected chi connectivity index (χ3v) is 3.30. The number of amides is 1. The van der Waals surface area contributed by atoms with Gasteiger partial charge in [-0.25, -0.2) is 5.84 Å². The second kappa shape index (κ2) is 6.68. The largest absolute Gasteiger partial charge is 0.296 e. The Labute approximate surface area is 115 Å². The van der Waals surface area contributed by atoms with Crippen LogP contribution in [0.5, 0.6) is 0 Å². The Morgan fingerprint density at radius 3 is 2.37 bits per heavy atom. The Hall–Kier alpha value is -1.39. The molecular formula is C15H25N3O. The molecule has 106 valence electrons. The maximum absolute atomic E-state index is 11.8. The molecule has 4 heteroatoms. The minimum absolute atomic E-state index is 0.133. The first-order valence-electron chi connectivity index (χ1n) is 6.66. The Balaban J connectivity index is 2.76. The first kappa shape index (κ1) is 15.7. The van der Waals surface area contributed by atoms with Crippen LogP contribution in [0.1, 0.15) is 33.3 Å². The van der Waals surface area contributed by atoms with E-state index in [0.29, 0.717) is 12.6 Å². The van der Waals surface area contributed by atoms with Gasteiger partial charge in [-0.1, -0.05) is 30.3 Å². The van der Waals surface area contributed by atoms with Crippen molar-refractivity contribution in [3.63, 3.8) is 0 Å². The van der Waals surface area contributed by atoms with E-state index in [1.165, 1.54) is 5.56 Å². The fraction of sp³-hybridized carbons (Fsp3) is 0.533. The zero-order valence-electron chi connectivity index (χ0n) is 12.3. The molecule has 0 heterocycles. The lowest BCUT2D eigenvalue weighted by atomic mass is 9.91. The number of carbonyl (C=O) groups is 1. The van der Waals surface area contributed by atoms with Gasteiger partial charge in [-0.2, -0.15) is 0 Å². The van der Waals surface area contributed by atoms with Crippen molar-refractivity contribution in [1.82, 2.24) is 10.3 Å². The number of nitrogens with zero attached hydrogens (tertiary/aromatic N) is 1. The fourth-order valence-electron chi connectivity index (χ4n) is 2.01. The third-order valence-electron chi connectivity index (χ3n) is 3.30. The number of nitrogens with one attached hydrogen (secondary N) is 1. The fourth-order valence-corrected chi connectivity index (χ4v) is 2.01. The molecular weight excluding hydrogens is 238 g/mol. The number of nitrogens with two attached hydrogens (primary N) is 1. The highest BCUT2D eigenvalue weighted by atomic mass is 16.2. The van der Waals surface area contributed by atoms with Gasteiger partial charge in [0.25, 0.3) is 0 Å².